The van der Waals surface area contributed by atoms with Gasteiger partial charge in [0.15, 0.2) is 11.5 Å². The Morgan fingerprint density at radius 3 is 2.82 bits per heavy atom. The SMILES string of the molecule is CC[C@@H](Nc1ncnc2[nH]cnc12)c1nc2ccc(F)c(Cl)c2c(=O)n1-c1cccc(F)c1. The minimum atomic E-state index is -0.742. The van der Waals surface area contributed by atoms with Crippen molar-refractivity contribution in [2.75, 3.05) is 5.32 Å². The van der Waals surface area contributed by atoms with Gasteiger partial charge in [0.2, 0.25) is 0 Å². The zero-order valence-electron chi connectivity index (χ0n) is 17.2. The molecule has 0 saturated heterocycles. The Morgan fingerprint density at radius 1 is 1.18 bits per heavy atom. The van der Waals surface area contributed by atoms with Gasteiger partial charge in [-0.25, -0.2) is 28.7 Å². The molecule has 3 heterocycles. The van der Waals surface area contributed by atoms with E-state index in [0.29, 0.717) is 23.4 Å². The number of nitrogens with one attached hydrogen (secondary N) is 2. The average Bonchev–Trinajstić information content (AvgIpc) is 3.29. The van der Waals surface area contributed by atoms with Crippen LogP contribution in [0.2, 0.25) is 5.02 Å². The number of aromatic nitrogens is 6. The van der Waals surface area contributed by atoms with E-state index in [1.54, 1.807) is 6.07 Å². The molecule has 1 atom stereocenters. The molecule has 5 rings (SSSR count). The van der Waals surface area contributed by atoms with Gasteiger partial charge in [-0.1, -0.05) is 24.6 Å². The molecule has 0 aliphatic rings. The van der Waals surface area contributed by atoms with Crippen LogP contribution in [0.4, 0.5) is 14.6 Å². The molecule has 2 aromatic carbocycles. The summed E-state index contributed by atoms with van der Waals surface area (Å²) in [6, 6.07) is 7.52. The largest absolute Gasteiger partial charge is 0.358 e. The molecule has 0 fully saturated rings. The average molecular weight is 468 g/mol. The first-order chi connectivity index (χ1) is 16.0. The molecule has 2 N–H and O–H groups in total. The molecule has 0 unspecified atom stereocenters. The highest BCUT2D eigenvalue weighted by Crippen LogP contribution is 2.28. The van der Waals surface area contributed by atoms with Crippen LogP contribution in [0.25, 0.3) is 27.8 Å². The van der Waals surface area contributed by atoms with Crippen molar-refractivity contribution in [1.29, 1.82) is 0 Å². The Balaban J connectivity index is 1.76. The van der Waals surface area contributed by atoms with E-state index in [-0.39, 0.29) is 27.4 Å². The van der Waals surface area contributed by atoms with Crippen molar-refractivity contribution in [3.63, 3.8) is 0 Å². The van der Waals surface area contributed by atoms with Crippen LogP contribution in [-0.4, -0.2) is 29.5 Å². The molecule has 0 radical (unpaired) electrons. The van der Waals surface area contributed by atoms with Crippen molar-refractivity contribution in [3.05, 3.63) is 81.9 Å². The number of aromatic amines is 1. The monoisotopic (exact) mass is 467 g/mol. The summed E-state index contributed by atoms with van der Waals surface area (Å²) in [4.78, 5) is 33.7. The maximum absolute atomic E-state index is 14.2. The molecule has 0 amide bonds. The Morgan fingerprint density at radius 2 is 2.03 bits per heavy atom. The van der Waals surface area contributed by atoms with Gasteiger partial charge in [-0.3, -0.25) is 9.36 Å². The summed E-state index contributed by atoms with van der Waals surface area (Å²) in [5.41, 5.74) is 0.901. The smallest absolute Gasteiger partial charge is 0.267 e. The summed E-state index contributed by atoms with van der Waals surface area (Å²) in [5, 5.41) is 2.84. The third kappa shape index (κ3) is 3.58. The predicted octanol–water partition coefficient (Wildman–Crippen LogP) is 4.55. The molecule has 11 heteroatoms. The second-order valence-corrected chi connectivity index (χ2v) is 7.65. The van der Waals surface area contributed by atoms with Crippen LogP contribution >= 0.6 is 11.6 Å². The number of hydrogen-bond donors (Lipinski definition) is 2. The van der Waals surface area contributed by atoms with Gasteiger partial charge in [0.1, 0.15) is 29.3 Å². The van der Waals surface area contributed by atoms with Crippen LogP contribution in [-0.2, 0) is 0 Å². The summed E-state index contributed by atoms with van der Waals surface area (Å²) < 4.78 is 29.5. The van der Waals surface area contributed by atoms with Crippen molar-refractivity contribution in [3.8, 4) is 5.69 Å². The molecule has 166 valence electrons. The number of benzene rings is 2. The van der Waals surface area contributed by atoms with Crippen LogP contribution in [0.1, 0.15) is 25.2 Å². The molecule has 0 aliphatic carbocycles. The molecule has 33 heavy (non-hydrogen) atoms. The number of nitrogens with zero attached hydrogens (tertiary/aromatic N) is 5. The second-order valence-electron chi connectivity index (χ2n) is 7.27. The summed E-state index contributed by atoms with van der Waals surface area (Å²) in [7, 11) is 0. The lowest BCUT2D eigenvalue weighted by molar-refractivity contribution is 0.620. The molecule has 0 saturated carbocycles. The highest BCUT2D eigenvalue weighted by atomic mass is 35.5. The van der Waals surface area contributed by atoms with Crippen molar-refractivity contribution in [1.82, 2.24) is 29.5 Å². The van der Waals surface area contributed by atoms with Gasteiger partial charge < -0.3 is 10.3 Å². The summed E-state index contributed by atoms with van der Waals surface area (Å²) in [6.07, 6.45) is 3.36. The molecule has 0 spiro atoms. The lowest BCUT2D eigenvalue weighted by atomic mass is 10.1. The van der Waals surface area contributed by atoms with Crippen molar-refractivity contribution < 1.29 is 8.78 Å². The van der Waals surface area contributed by atoms with Crippen LogP contribution in [0, 0.1) is 11.6 Å². The fourth-order valence-corrected chi connectivity index (χ4v) is 3.95. The maximum Gasteiger partial charge on any atom is 0.267 e. The highest BCUT2D eigenvalue weighted by Gasteiger charge is 2.23. The third-order valence-electron chi connectivity index (χ3n) is 5.27. The standard InChI is InChI=1S/C22H16ClF2N7O/c1-2-14(30-20-18-19(27-9-26-18)28-10-29-20)21-31-15-7-6-13(25)17(23)16(15)22(33)32(21)12-5-3-4-11(24)8-12/h3-10,14H,2H2,1H3,(H2,26,27,28,29,30)/t14-/m1/s1. The van der Waals surface area contributed by atoms with E-state index in [2.05, 4.69) is 30.2 Å². The number of fused-ring (bicyclic) bond motifs is 2. The Labute approximate surface area is 190 Å². The Hall–Kier alpha value is -3.92. The normalized spacial score (nSPS) is 12.4. The van der Waals surface area contributed by atoms with E-state index < -0.39 is 23.2 Å². The van der Waals surface area contributed by atoms with Crippen LogP contribution < -0.4 is 10.9 Å². The number of H-pyrrole nitrogens is 1. The van der Waals surface area contributed by atoms with Gasteiger partial charge in [-0.05, 0) is 36.8 Å². The topological polar surface area (TPSA) is 101 Å². The van der Waals surface area contributed by atoms with Gasteiger partial charge in [-0.2, -0.15) is 0 Å². The summed E-state index contributed by atoms with van der Waals surface area (Å²) >= 11 is 6.12. The number of hydrogen-bond acceptors (Lipinski definition) is 6. The number of anilines is 1. The highest BCUT2D eigenvalue weighted by molar-refractivity contribution is 6.35. The fraction of sp³-hybridized carbons (Fsp3) is 0.136. The van der Waals surface area contributed by atoms with Gasteiger partial charge in [0, 0.05) is 0 Å². The third-order valence-corrected chi connectivity index (χ3v) is 5.64. The minimum absolute atomic E-state index is 0.0868. The molecule has 5 aromatic rings. The summed E-state index contributed by atoms with van der Waals surface area (Å²) in [5.74, 6) is -0.560. The molecule has 8 nitrogen and oxygen atoms in total. The van der Waals surface area contributed by atoms with E-state index in [0.717, 1.165) is 6.07 Å². The van der Waals surface area contributed by atoms with Crippen molar-refractivity contribution in [2.45, 2.75) is 19.4 Å². The van der Waals surface area contributed by atoms with E-state index >= 15 is 0 Å². The summed E-state index contributed by atoms with van der Waals surface area (Å²) in [6.45, 7) is 1.89. The van der Waals surface area contributed by atoms with Crippen LogP contribution in [0.3, 0.4) is 0 Å². The zero-order chi connectivity index (χ0) is 23.1. The van der Waals surface area contributed by atoms with Crippen LogP contribution in [0.15, 0.2) is 53.8 Å². The number of halogens is 3. The quantitative estimate of drug-likeness (QED) is 0.393. The molecular weight excluding hydrogens is 452 g/mol. The molecule has 3 aromatic heterocycles. The molecule has 0 aliphatic heterocycles. The van der Waals surface area contributed by atoms with E-state index in [9.17, 15) is 13.6 Å². The van der Waals surface area contributed by atoms with E-state index in [4.69, 9.17) is 11.6 Å². The minimum Gasteiger partial charge on any atom is -0.358 e. The lowest BCUT2D eigenvalue weighted by Crippen LogP contribution is -2.28. The van der Waals surface area contributed by atoms with E-state index in [1.807, 2.05) is 6.92 Å². The Bertz CT molecular complexity index is 1570. The molecular formula is C22H16ClF2N7O. The predicted molar refractivity (Wildman–Crippen MR) is 121 cm³/mol. The van der Waals surface area contributed by atoms with Crippen molar-refractivity contribution in [2.24, 2.45) is 0 Å². The number of rotatable bonds is 5. The number of imidazole rings is 1. The van der Waals surface area contributed by atoms with Crippen molar-refractivity contribution >= 4 is 39.5 Å². The van der Waals surface area contributed by atoms with Gasteiger partial charge in [0.25, 0.3) is 5.56 Å². The first-order valence-corrected chi connectivity index (χ1v) is 10.4. The zero-order valence-corrected chi connectivity index (χ0v) is 17.9. The Kier molecular flexibility index (Phi) is 5.21. The molecule has 0 bridgehead atoms. The van der Waals surface area contributed by atoms with Gasteiger partial charge in [-0.15, -0.1) is 0 Å². The van der Waals surface area contributed by atoms with Crippen LogP contribution in [0.5, 0.6) is 0 Å². The maximum atomic E-state index is 14.2. The fourth-order valence-electron chi connectivity index (χ4n) is 3.71. The first kappa shape index (κ1) is 21.0. The van der Waals surface area contributed by atoms with Gasteiger partial charge in [0.05, 0.1) is 34.0 Å². The second kappa shape index (κ2) is 8.21. The lowest BCUT2D eigenvalue weighted by Gasteiger charge is -2.22. The van der Waals surface area contributed by atoms with E-state index in [1.165, 1.54) is 41.5 Å². The van der Waals surface area contributed by atoms with Gasteiger partial charge >= 0.3 is 0 Å². The first-order valence-electron chi connectivity index (χ1n) is 10.0.